The molecule has 1 amide bonds. The van der Waals surface area contributed by atoms with Gasteiger partial charge in [0.25, 0.3) is 5.91 Å². The summed E-state index contributed by atoms with van der Waals surface area (Å²) in [6, 6.07) is 4.32. The van der Waals surface area contributed by atoms with Crippen LogP contribution in [0.25, 0.3) is 0 Å². The molecule has 1 saturated heterocycles. The third-order valence-corrected chi connectivity index (χ3v) is 5.61. The number of likely N-dealkylation sites (N-methyl/N-ethyl adjacent to an activating group) is 1. The highest BCUT2D eigenvalue weighted by Gasteiger charge is 2.24. The largest absolute Gasteiger partial charge is 0.496 e. The smallest absolute Gasteiger partial charge is 0.303 e. The van der Waals surface area contributed by atoms with E-state index in [1.54, 1.807) is 0 Å². The number of amides is 1. The van der Waals surface area contributed by atoms with Gasteiger partial charge >= 0.3 is 11.9 Å². The van der Waals surface area contributed by atoms with E-state index in [1.807, 2.05) is 0 Å². The van der Waals surface area contributed by atoms with Gasteiger partial charge in [-0.2, -0.15) is 0 Å². The van der Waals surface area contributed by atoms with Crippen LogP contribution < -0.4 is 15.2 Å². The Morgan fingerprint density at radius 2 is 1.84 bits per heavy atom. The number of hydrogen-bond acceptors (Lipinski definition) is 7. The van der Waals surface area contributed by atoms with Crippen LogP contribution in [0.15, 0.2) is 23.1 Å². The first kappa shape index (κ1) is 26.3. The fourth-order valence-corrected chi connectivity index (χ4v) is 3.64. The molecule has 1 unspecified atom stereocenters. The maximum atomic E-state index is 12.4. The number of ether oxygens (including phenoxy) is 1. The van der Waals surface area contributed by atoms with Gasteiger partial charge in [-0.1, -0.05) is 6.92 Å². The van der Waals surface area contributed by atoms with Gasteiger partial charge in [-0.15, -0.1) is 0 Å². The molecular weight excluding hydrogens is 430 g/mol. The predicted octanol–water partition coefficient (Wildman–Crippen LogP) is 0.493. The third kappa shape index (κ3) is 8.90. The van der Waals surface area contributed by atoms with Gasteiger partial charge in [-0.25, -0.2) is 13.6 Å². The number of carboxylic acid groups (broad SMARTS) is 2. The maximum absolute atomic E-state index is 12.4. The van der Waals surface area contributed by atoms with Crippen molar-refractivity contribution in [3.05, 3.63) is 23.8 Å². The molecule has 2 rings (SSSR count). The summed E-state index contributed by atoms with van der Waals surface area (Å²) in [5.74, 6) is -2.20. The summed E-state index contributed by atoms with van der Waals surface area (Å²) < 4.78 is 28.1. The number of primary sulfonamides is 1. The second-order valence-corrected chi connectivity index (χ2v) is 8.39. The topological polar surface area (TPSA) is 176 Å². The number of benzene rings is 1. The molecule has 1 aromatic carbocycles. The number of hydrogen-bond donors (Lipinski definition) is 4. The van der Waals surface area contributed by atoms with Crippen molar-refractivity contribution < 1.29 is 37.8 Å². The number of nitrogens with two attached hydrogens (primary N) is 1. The monoisotopic (exact) mass is 459 g/mol. The third-order valence-electron chi connectivity index (χ3n) is 4.70. The fourth-order valence-electron chi connectivity index (χ4n) is 3.10. The molecule has 31 heavy (non-hydrogen) atoms. The first-order valence-electron chi connectivity index (χ1n) is 9.66. The molecule has 1 atom stereocenters. The van der Waals surface area contributed by atoms with E-state index in [4.69, 9.17) is 20.1 Å². The van der Waals surface area contributed by atoms with Crippen LogP contribution in [-0.4, -0.2) is 74.2 Å². The average molecular weight is 460 g/mol. The minimum absolute atomic E-state index is 0.112. The minimum Gasteiger partial charge on any atom is -0.496 e. The number of aliphatic carboxylic acids is 2. The van der Waals surface area contributed by atoms with Crippen molar-refractivity contribution in [3.63, 3.8) is 0 Å². The van der Waals surface area contributed by atoms with Crippen LogP contribution >= 0.6 is 0 Å². The molecular formula is C19H29N3O8S. The Kier molecular flexibility index (Phi) is 10.4. The summed E-state index contributed by atoms with van der Waals surface area (Å²) in [6.45, 7) is 4.61. The van der Waals surface area contributed by atoms with Gasteiger partial charge in [0.2, 0.25) is 10.0 Å². The van der Waals surface area contributed by atoms with Crippen LogP contribution in [0, 0.1) is 0 Å². The van der Waals surface area contributed by atoms with Gasteiger partial charge < -0.3 is 20.3 Å². The van der Waals surface area contributed by atoms with Gasteiger partial charge in [-0.3, -0.25) is 19.3 Å². The van der Waals surface area contributed by atoms with E-state index >= 15 is 0 Å². The van der Waals surface area contributed by atoms with E-state index in [-0.39, 0.29) is 29.2 Å². The zero-order chi connectivity index (χ0) is 23.6. The molecule has 1 fully saturated rings. The molecule has 0 radical (unpaired) electrons. The van der Waals surface area contributed by atoms with Crippen LogP contribution in [0.2, 0.25) is 0 Å². The zero-order valence-electron chi connectivity index (χ0n) is 17.5. The fraction of sp³-hybridized carbons (Fsp3) is 0.526. The molecule has 0 spiro atoms. The Hall–Kier alpha value is -2.70. The number of rotatable bonds is 9. The Morgan fingerprint density at radius 3 is 2.32 bits per heavy atom. The number of sulfonamides is 1. The lowest BCUT2D eigenvalue weighted by Gasteiger charge is -2.23. The lowest BCUT2D eigenvalue weighted by atomic mass is 10.1. The van der Waals surface area contributed by atoms with Gasteiger partial charge in [-0.05, 0) is 44.1 Å². The summed E-state index contributed by atoms with van der Waals surface area (Å²) in [4.78, 5) is 33.9. The van der Waals surface area contributed by atoms with Crippen molar-refractivity contribution in [1.82, 2.24) is 10.2 Å². The number of carboxylic acids is 2. The van der Waals surface area contributed by atoms with Crippen molar-refractivity contribution in [1.29, 1.82) is 0 Å². The molecule has 1 heterocycles. The summed E-state index contributed by atoms with van der Waals surface area (Å²) >= 11 is 0. The van der Waals surface area contributed by atoms with Gasteiger partial charge in [0, 0.05) is 12.6 Å². The number of nitrogens with zero attached hydrogens (tertiary/aromatic N) is 1. The van der Waals surface area contributed by atoms with Gasteiger partial charge in [0.1, 0.15) is 5.75 Å². The maximum Gasteiger partial charge on any atom is 0.303 e. The van der Waals surface area contributed by atoms with Crippen LogP contribution in [0.5, 0.6) is 5.75 Å². The highest BCUT2D eigenvalue weighted by atomic mass is 32.2. The molecule has 0 saturated carbocycles. The van der Waals surface area contributed by atoms with Crippen molar-refractivity contribution in [2.45, 2.75) is 43.5 Å². The quantitative estimate of drug-likeness (QED) is 0.409. The van der Waals surface area contributed by atoms with Crippen molar-refractivity contribution in [2.75, 3.05) is 26.7 Å². The molecule has 5 N–H and O–H groups in total. The van der Waals surface area contributed by atoms with Crippen LogP contribution in [0.3, 0.4) is 0 Å². The van der Waals surface area contributed by atoms with Gasteiger partial charge in [0.15, 0.2) is 0 Å². The first-order valence-corrected chi connectivity index (χ1v) is 11.2. The number of carbonyl (C=O) groups is 3. The number of carbonyl (C=O) groups excluding carboxylic acids is 1. The summed E-state index contributed by atoms with van der Waals surface area (Å²) in [5.41, 5.74) is 0.167. The Balaban J connectivity index is 0.000000512. The summed E-state index contributed by atoms with van der Waals surface area (Å²) in [5, 5.41) is 23.8. The van der Waals surface area contributed by atoms with Crippen LogP contribution in [0.4, 0.5) is 0 Å². The zero-order valence-corrected chi connectivity index (χ0v) is 18.4. The molecule has 0 aliphatic carbocycles. The predicted molar refractivity (Wildman–Crippen MR) is 111 cm³/mol. The number of likely N-dealkylation sites (tertiary alicyclic amines) is 1. The molecule has 11 nitrogen and oxygen atoms in total. The lowest BCUT2D eigenvalue weighted by Crippen LogP contribution is -2.40. The highest BCUT2D eigenvalue weighted by molar-refractivity contribution is 7.89. The Labute approximate surface area is 181 Å². The molecule has 1 aliphatic heterocycles. The van der Waals surface area contributed by atoms with Crippen LogP contribution in [-0.2, 0) is 19.6 Å². The number of methoxy groups -OCH3 is 1. The Morgan fingerprint density at radius 1 is 1.23 bits per heavy atom. The second-order valence-electron chi connectivity index (χ2n) is 6.83. The Bertz CT molecular complexity index is 874. The molecule has 0 aromatic heterocycles. The number of nitrogens with one attached hydrogen (secondary N) is 1. The van der Waals surface area contributed by atoms with E-state index < -0.39 is 22.0 Å². The van der Waals surface area contributed by atoms with E-state index in [2.05, 4.69) is 17.1 Å². The van der Waals surface area contributed by atoms with E-state index in [9.17, 15) is 22.8 Å². The van der Waals surface area contributed by atoms with E-state index in [0.29, 0.717) is 18.3 Å². The minimum atomic E-state index is -3.87. The summed E-state index contributed by atoms with van der Waals surface area (Å²) in [6.07, 6.45) is 1.58. The van der Waals surface area contributed by atoms with Crippen molar-refractivity contribution in [2.24, 2.45) is 5.14 Å². The molecule has 1 aromatic rings. The summed E-state index contributed by atoms with van der Waals surface area (Å²) in [7, 11) is -2.44. The van der Waals surface area contributed by atoms with Crippen molar-refractivity contribution >= 4 is 27.9 Å². The van der Waals surface area contributed by atoms with Crippen LogP contribution in [0.1, 0.15) is 43.0 Å². The van der Waals surface area contributed by atoms with Crippen molar-refractivity contribution in [3.8, 4) is 5.75 Å². The average Bonchev–Trinajstić information content (AvgIpc) is 3.17. The lowest BCUT2D eigenvalue weighted by molar-refractivity contribution is -0.143. The molecule has 0 bridgehead atoms. The SMILES string of the molecule is CCN1CCCC1CNC(=O)c1cc(S(N)(=O)=O)ccc1OC.O=C(O)CCC(=O)O. The van der Waals surface area contributed by atoms with Gasteiger partial charge in [0.05, 0.1) is 30.4 Å². The molecule has 1 aliphatic rings. The second kappa shape index (κ2) is 12.2. The molecule has 12 heteroatoms. The van der Waals surface area contributed by atoms with E-state index in [1.165, 1.54) is 25.3 Å². The molecule has 174 valence electrons. The highest BCUT2D eigenvalue weighted by Crippen LogP contribution is 2.22. The normalized spacial score (nSPS) is 16.2. The first-order chi connectivity index (χ1) is 14.5. The van der Waals surface area contributed by atoms with E-state index in [0.717, 1.165) is 25.9 Å². The standard InChI is InChI=1S/C15H23N3O4S.C4H6O4/c1-3-18-8-4-5-11(18)10-17-15(19)13-9-12(23(16,20)21)6-7-14(13)22-2;5-3(6)1-2-4(7)8/h6-7,9,11H,3-5,8,10H2,1-2H3,(H,17,19)(H2,16,20,21);1-2H2,(H,5,6)(H,7,8).